The fraction of sp³-hybridized carbons (Fsp3) is 0.273. The van der Waals surface area contributed by atoms with E-state index in [-0.39, 0.29) is 17.0 Å². The van der Waals surface area contributed by atoms with Crippen molar-refractivity contribution in [2.75, 3.05) is 11.9 Å². The number of unbranched alkanes of at least 4 members (excludes halogenated alkanes) is 1. The van der Waals surface area contributed by atoms with Crippen LogP contribution in [0.5, 0.6) is 5.75 Å². The number of halogens is 4. The second-order valence-electron chi connectivity index (χ2n) is 6.76. The summed E-state index contributed by atoms with van der Waals surface area (Å²) in [4.78, 5) is 17.4. The minimum Gasteiger partial charge on any atom is -0.493 e. The quantitative estimate of drug-likeness (QED) is 0.368. The van der Waals surface area contributed by atoms with Gasteiger partial charge in [-0.2, -0.15) is 13.2 Å². The molecule has 0 aliphatic heterocycles. The van der Waals surface area contributed by atoms with Crippen LogP contribution in [0.4, 0.5) is 18.3 Å². The highest BCUT2D eigenvalue weighted by Crippen LogP contribution is 2.35. The Morgan fingerprint density at radius 1 is 1.23 bits per heavy atom. The molecule has 3 rings (SSSR count). The maximum Gasteiger partial charge on any atom is 0.416 e. The van der Waals surface area contributed by atoms with Gasteiger partial charge in [-0.15, -0.1) is 11.3 Å². The largest absolute Gasteiger partial charge is 0.493 e. The Hall–Kier alpha value is -2.58. The molecule has 1 amide bonds. The standard InChI is InChI=1S/C22H20ClF3N2O2S/c1-2-3-10-30-19-7-5-4-6-17(19)20(29)28-21-27-13-16(31-21)12-14-11-15(23)8-9-18(14)22(24,25)26/h4-9,11,13H,2-3,10,12H2,1H3,(H,27,28,29). The first kappa shape index (κ1) is 23.1. The molecule has 1 aromatic heterocycles. The topological polar surface area (TPSA) is 51.2 Å². The van der Waals surface area contributed by atoms with Crippen LogP contribution >= 0.6 is 22.9 Å². The molecule has 0 saturated carbocycles. The molecule has 164 valence electrons. The van der Waals surface area contributed by atoms with Gasteiger partial charge >= 0.3 is 6.18 Å². The second kappa shape index (κ2) is 10.2. The molecule has 0 aliphatic carbocycles. The van der Waals surface area contributed by atoms with E-state index in [9.17, 15) is 18.0 Å². The second-order valence-corrected chi connectivity index (χ2v) is 8.31. The van der Waals surface area contributed by atoms with E-state index in [1.54, 1.807) is 24.3 Å². The lowest BCUT2D eigenvalue weighted by atomic mass is 10.0. The van der Waals surface area contributed by atoms with Gasteiger partial charge in [0.2, 0.25) is 0 Å². The van der Waals surface area contributed by atoms with E-state index < -0.39 is 17.6 Å². The van der Waals surface area contributed by atoms with Crippen LogP contribution < -0.4 is 10.1 Å². The summed E-state index contributed by atoms with van der Waals surface area (Å²) >= 11 is 7.00. The molecule has 0 radical (unpaired) electrons. The summed E-state index contributed by atoms with van der Waals surface area (Å²) in [6.45, 7) is 2.55. The minimum atomic E-state index is -4.48. The molecule has 4 nitrogen and oxygen atoms in total. The monoisotopic (exact) mass is 468 g/mol. The molecular formula is C22H20ClF3N2O2S. The average molecular weight is 469 g/mol. The highest BCUT2D eigenvalue weighted by molar-refractivity contribution is 7.15. The van der Waals surface area contributed by atoms with E-state index in [0.717, 1.165) is 30.2 Å². The SMILES string of the molecule is CCCCOc1ccccc1C(=O)Nc1ncc(Cc2cc(Cl)ccc2C(F)(F)F)s1. The van der Waals surface area contributed by atoms with E-state index in [4.69, 9.17) is 16.3 Å². The first-order valence-electron chi connectivity index (χ1n) is 9.61. The first-order chi connectivity index (χ1) is 14.8. The summed E-state index contributed by atoms with van der Waals surface area (Å²) in [6.07, 6.45) is -1.19. The first-order valence-corrected chi connectivity index (χ1v) is 10.8. The molecular weight excluding hydrogens is 449 g/mol. The molecule has 2 aromatic carbocycles. The number of amides is 1. The van der Waals surface area contributed by atoms with Crippen molar-refractivity contribution in [3.8, 4) is 5.75 Å². The van der Waals surface area contributed by atoms with Gasteiger partial charge in [0, 0.05) is 22.5 Å². The molecule has 0 unspecified atom stereocenters. The molecule has 0 spiro atoms. The van der Waals surface area contributed by atoms with Crippen molar-refractivity contribution in [1.29, 1.82) is 0 Å². The number of hydrogen-bond donors (Lipinski definition) is 1. The zero-order chi connectivity index (χ0) is 22.4. The van der Waals surface area contributed by atoms with E-state index in [2.05, 4.69) is 10.3 Å². The van der Waals surface area contributed by atoms with Crippen molar-refractivity contribution < 1.29 is 22.7 Å². The predicted octanol–water partition coefficient (Wildman–Crippen LogP) is 6.84. The van der Waals surface area contributed by atoms with Crippen LogP contribution in [0.15, 0.2) is 48.7 Å². The van der Waals surface area contributed by atoms with Gasteiger partial charge in [-0.25, -0.2) is 4.98 Å². The molecule has 0 atom stereocenters. The number of para-hydroxylation sites is 1. The zero-order valence-electron chi connectivity index (χ0n) is 16.6. The number of ether oxygens (including phenoxy) is 1. The number of rotatable bonds is 8. The van der Waals surface area contributed by atoms with Gasteiger partial charge in [0.25, 0.3) is 5.91 Å². The van der Waals surface area contributed by atoms with Crippen molar-refractivity contribution in [2.24, 2.45) is 0 Å². The summed E-state index contributed by atoms with van der Waals surface area (Å²) in [5.41, 5.74) is -0.324. The summed E-state index contributed by atoms with van der Waals surface area (Å²) in [6, 6.07) is 10.4. The van der Waals surface area contributed by atoms with Crippen LogP contribution in [0, 0.1) is 0 Å². The number of alkyl halides is 3. The molecule has 3 aromatic rings. The predicted molar refractivity (Wildman–Crippen MR) is 116 cm³/mol. The summed E-state index contributed by atoms with van der Waals surface area (Å²) in [7, 11) is 0. The summed E-state index contributed by atoms with van der Waals surface area (Å²) in [5, 5.41) is 3.21. The molecule has 1 N–H and O–H groups in total. The Morgan fingerprint density at radius 3 is 2.74 bits per heavy atom. The summed E-state index contributed by atoms with van der Waals surface area (Å²) in [5.74, 6) is 0.0747. The molecule has 1 heterocycles. The maximum absolute atomic E-state index is 13.3. The van der Waals surface area contributed by atoms with E-state index in [0.29, 0.717) is 27.9 Å². The van der Waals surface area contributed by atoms with Gasteiger partial charge in [0.05, 0.1) is 17.7 Å². The third kappa shape index (κ3) is 6.21. The minimum absolute atomic E-state index is 0.000341. The van der Waals surface area contributed by atoms with Gasteiger partial charge < -0.3 is 4.74 Å². The Balaban J connectivity index is 1.73. The van der Waals surface area contributed by atoms with Crippen molar-refractivity contribution in [2.45, 2.75) is 32.4 Å². The average Bonchev–Trinajstić information content (AvgIpc) is 3.14. The smallest absolute Gasteiger partial charge is 0.416 e. The Bertz CT molecular complexity index is 1050. The number of carbonyl (C=O) groups excluding carboxylic acids is 1. The number of anilines is 1. The fourth-order valence-corrected chi connectivity index (χ4v) is 3.92. The third-order valence-electron chi connectivity index (χ3n) is 4.40. The lowest BCUT2D eigenvalue weighted by Crippen LogP contribution is -2.13. The number of nitrogens with one attached hydrogen (secondary N) is 1. The molecule has 0 bridgehead atoms. The number of nitrogens with zero attached hydrogens (tertiary/aromatic N) is 1. The zero-order valence-corrected chi connectivity index (χ0v) is 18.2. The van der Waals surface area contributed by atoms with E-state index in [1.807, 2.05) is 6.92 Å². The van der Waals surface area contributed by atoms with Crippen LogP contribution in [-0.4, -0.2) is 17.5 Å². The number of thiazole rings is 1. The number of benzene rings is 2. The van der Waals surface area contributed by atoms with E-state index in [1.165, 1.54) is 18.3 Å². The highest BCUT2D eigenvalue weighted by Gasteiger charge is 2.33. The highest BCUT2D eigenvalue weighted by atomic mass is 35.5. The van der Waals surface area contributed by atoms with Crippen LogP contribution in [0.25, 0.3) is 0 Å². The molecule has 0 aliphatic rings. The lowest BCUT2D eigenvalue weighted by Gasteiger charge is -2.12. The normalized spacial score (nSPS) is 11.4. The van der Waals surface area contributed by atoms with E-state index >= 15 is 0 Å². The molecule has 31 heavy (non-hydrogen) atoms. The van der Waals surface area contributed by atoms with Gasteiger partial charge in [-0.1, -0.05) is 37.1 Å². The Morgan fingerprint density at radius 2 is 2.00 bits per heavy atom. The van der Waals surface area contributed by atoms with Crippen molar-refractivity contribution in [3.05, 3.63) is 75.3 Å². The molecule has 0 saturated heterocycles. The van der Waals surface area contributed by atoms with Gasteiger partial charge in [-0.3, -0.25) is 10.1 Å². The van der Waals surface area contributed by atoms with Crippen LogP contribution in [0.2, 0.25) is 5.02 Å². The summed E-state index contributed by atoms with van der Waals surface area (Å²) < 4.78 is 45.5. The number of carbonyl (C=O) groups is 1. The maximum atomic E-state index is 13.3. The van der Waals surface area contributed by atoms with Crippen molar-refractivity contribution in [1.82, 2.24) is 4.98 Å². The number of aromatic nitrogens is 1. The van der Waals surface area contributed by atoms with Gasteiger partial charge in [-0.05, 0) is 42.3 Å². The van der Waals surface area contributed by atoms with Crippen LogP contribution in [0.3, 0.4) is 0 Å². The van der Waals surface area contributed by atoms with Crippen LogP contribution in [0.1, 0.15) is 46.1 Å². The van der Waals surface area contributed by atoms with Gasteiger partial charge in [0.15, 0.2) is 5.13 Å². The third-order valence-corrected chi connectivity index (χ3v) is 5.55. The molecule has 0 fully saturated rings. The molecule has 9 heteroatoms. The number of hydrogen-bond acceptors (Lipinski definition) is 4. The van der Waals surface area contributed by atoms with Crippen molar-refractivity contribution in [3.63, 3.8) is 0 Å². The van der Waals surface area contributed by atoms with Crippen LogP contribution in [-0.2, 0) is 12.6 Å². The van der Waals surface area contributed by atoms with Gasteiger partial charge in [0.1, 0.15) is 5.75 Å². The lowest BCUT2D eigenvalue weighted by molar-refractivity contribution is -0.138. The Kier molecular flexibility index (Phi) is 7.56. The fourth-order valence-electron chi connectivity index (χ4n) is 2.89. The Labute approximate surface area is 187 Å². The van der Waals surface area contributed by atoms with Crippen molar-refractivity contribution >= 4 is 34.0 Å².